The number of nitrogens with one attached hydrogen (secondary N) is 1. The summed E-state index contributed by atoms with van der Waals surface area (Å²) in [6.45, 7) is 9.64. The lowest BCUT2D eigenvalue weighted by Crippen LogP contribution is -2.37. The van der Waals surface area contributed by atoms with Crippen molar-refractivity contribution >= 4 is 15.9 Å². The van der Waals surface area contributed by atoms with E-state index in [9.17, 15) is 0 Å². The summed E-state index contributed by atoms with van der Waals surface area (Å²) in [6.07, 6.45) is 0. The Kier molecular flexibility index (Phi) is 6.17. The van der Waals surface area contributed by atoms with Crippen LogP contribution in [0.4, 0.5) is 0 Å². The Morgan fingerprint density at radius 1 is 1.41 bits per heavy atom. The second-order valence-electron chi connectivity index (χ2n) is 4.73. The molecule has 0 saturated carbocycles. The number of benzene rings is 1. The van der Waals surface area contributed by atoms with Gasteiger partial charge < -0.3 is 10.2 Å². The van der Waals surface area contributed by atoms with Crippen LogP contribution < -0.4 is 5.32 Å². The highest BCUT2D eigenvalue weighted by Gasteiger charge is 2.06. The van der Waals surface area contributed by atoms with Crippen molar-refractivity contribution in [2.24, 2.45) is 0 Å². The first-order valence-electron chi connectivity index (χ1n) is 6.20. The van der Waals surface area contributed by atoms with Crippen LogP contribution in [0.3, 0.4) is 0 Å². The molecule has 0 fully saturated rings. The molecule has 2 nitrogen and oxygen atoms in total. The number of halogens is 1. The molecule has 1 atom stereocenters. The van der Waals surface area contributed by atoms with Crippen molar-refractivity contribution < 1.29 is 0 Å². The second-order valence-corrected chi connectivity index (χ2v) is 5.59. The van der Waals surface area contributed by atoms with E-state index in [4.69, 9.17) is 0 Å². The van der Waals surface area contributed by atoms with Crippen LogP contribution in [0.1, 0.15) is 25.0 Å². The summed E-state index contributed by atoms with van der Waals surface area (Å²) < 4.78 is 1.19. The maximum Gasteiger partial charge on any atom is 0.0220 e. The molecule has 0 aliphatic heterocycles. The Bertz CT molecular complexity index is 352. The van der Waals surface area contributed by atoms with Crippen LogP contribution in [0.15, 0.2) is 22.7 Å². The third-order valence-corrected chi connectivity index (χ3v) is 3.74. The predicted octanol–water partition coefficient (Wildman–Crippen LogP) is 3.19. The van der Waals surface area contributed by atoms with Gasteiger partial charge in [0.2, 0.25) is 0 Å². The number of likely N-dealkylation sites (N-methyl/N-ethyl adjacent to an activating group) is 1. The van der Waals surface area contributed by atoms with Gasteiger partial charge in [-0.2, -0.15) is 0 Å². The molecule has 1 N–H and O–H groups in total. The van der Waals surface area contributed by atoms with Crippen molar-refractivity contribution in [2.75, 3.05) is 20.1 Å². The summed E-state index contributed by atoms with van der Waals surface area (Å²) in [7, 11) is 2.15. The van der Waals surface area contributed by atoms with Gasteiger partial charge in [-0.05, 0) is 39.1 Å². The van der Waals surface area contributed by atoms with E-state index >= 15 is 0 Å². The number of hydrogen-bond donors (Lipinski definition) is 1. The van der Waals surface area contributed by atoms with Gasteiger partial charge in [-0.15, -0.1) is 0 Å². The molecular formula is C14H23BrN2. The van der Waals surface area contributed by atoms with Crippen molar-refractivity contribution in [3.8, 4) is 0 Å². The molecule has 0 saturated heterocycles. The SMILES string of the molecule is CCN(C)CC(C)NCc1cc(C)ccc1Br. The summed E-state index contributed by atoms with van der Waals surface area (Å²) in [6, 6.07) is 6.98. The van der Waals surface area contributed by atoms with Crippen molar-refractivity contribution in [2.45, 2.75) is 33.4 Å². The van der Waals surface area contributed by atoms with E-state index in [1.165, 1.54) is 15.6 Å². The Morgan fingerprint density at radius 3 is 2.76 bits per heavy atom. The van der Waals surface area contributed by atoms with Gasteiger partial charge in [-0.1, -0.05) is 40.5 Å². The Balaban J connectivity index is 2.47. The molecule has 17 heavy (non-hydrogen) atoms. The summed E-state index contributed by atoms with van der Waals surface area (Å²) >= 11 is 3.59. The van der Waals surface area contributed by atoms with Crippen LogP contribution in [0.5, 0.6) is 0 Å². The van der Waals surface area contributed by atoms with Crippen LogP contribution in [-0.2, 0) is 6.54 Å². The molecule has 1 aromatic carbocycles. The Morgan fingerprint density at radius 2 is 2.12 bits per heavy atom. The zero-order valence-electron chi connectivity index (χ0n) is 11.3. The fourth-order valence-corrected chi connectivity index (χ4v) is 2.17. The highest BCUT2D eigenvalue weighted by molar-refractivity contribution is 9.10. The zero-order chi connectivity index (χ0) is 12.8. The molecule has 96 valence electrons. The minimum absolute atomic E-state index is 0.507. The van der Waals surface area contributed by atoms with Crippen LogP contribution in [0.2, 0.25) is 0 Å². The highest BCUT2D eigenvalue weighted by atomic mass is 79.9. The molecule has 0 bridgehead atoms. The molecule has 0 aromatic heterocycles. The van der Waals surface area contributed by atoms with E-state index in [1.54, 1.807) is 0 Å². The topological polar surface area (TPSA) is 15.3 Å². The average molecular weight is 299 g/mol. The largest absolute Gasteiger partial charge is 0.309 e. The number of rotatable bonds is 6. The lowest BCUT2D eigenvalue weighted by Gasteiger charge is -2.21. The highest BCUT2D eigenvalue weighted by Crippen LogP contribution is 2.17. The van der Waals surface area contributed by atoms with Crippen LogP contribution in [-0.4, -0.2) is 31.1 Å². The molecule has 1 aromatic rings. The third kappa shape index (κ3) is 5.19. The van der Waals surface area contributed by atoms with Crippen molar-refractivity contribution in [1.29, 1.82) is 0 Å². The molecule has 0 aliphatic carbocycles. The van der Waals surface area contributed by atoms with Crippen LogP contribution in [0.25, 0.3) is 0 Å². The molecule has 0 spiro atoms. The zero-order valence-corrected chi connectivity index (χ0v) is 12.8. The van der Waals surface area contributed by atoms with Gasteiger partial charge in [-0.25, -0.2) is 0 Å². The first-order chi connectivity index (χ1) is 8.02. The predicted molar refractivity (Wildman–Crippen MR) is 78.4 cm³/mol. The monoisotopic (exact) mass is 298 g/mol. The van der Waals surface area contributed by atoms with E-state index in [-0.39, 0.29) is 0 Å². The van der Waals surface area contributed by atoms with E-state index in [0.29, 0.717) is 6.04 Å². The first kappa shape index (κ1) is 14.7. The molecule has 1 rings (SSSR count). The molecule has 1 unspecified atom stereocenters. The molecule has 0 radical (unpaired) electrons. The van der Waals surface area contributed by atoms with Crippen LogP contribution in [0, 0.1) is 6.92 Å². The maximum absolute atomic E-state index is 3.59. The van der Waals surface area contributed by atoms with E-state index < -0.39 is 0 Å². The summed E-state index contributed by atoms with van der Waals surface area (Å²) in [4.78, 5) is 2.32. The van der Waals surface area contributed by atoms with Crippen molar-refractivity contribution in [3.63, 3.8) is 0 Å². The van der Waals surface area contributed by atoms with Gasteiger partial charge in [-0.3, -0.25) is 0 Å². The number of nitrogens with zero attached hydrogens (tertiary/aromatic N) is 1. The smallest absolute Gasteiger partial charge is 0.0220 e. The molecule has 0 amide bonds. The number of hydrogen-bond acceptors (Lipinski definition) is 2. The molecule has 0 aliphatic rings. The minimum Gasteiger partial charge on any atom is -0.309 e. The number of aryl methyl sites for hydroxylation is 1. The minimum atomic E-state index is 0.507. The van der Waals surface area contributed by atoms with Gasteiger partial charge in [0.1, 0.15) is 0 Å². The van der Waals surface area contributed by atoms with Gasteiger partial charge in [0.15, 0.2) is 0 Å². The maximum atomic E-state index is 3.59. The normalized spacial score (nSPS) is 13.1. The lowest BCUT2D eigenvalue weighted by atomic mass is 10.1. The fourth-order valence-electron chi connectivity index (χ4n) is 1.78. The third-order valence-electron chi connectivity index (χ3n) is 2.97. The van der Waals surface area contributed by atoms with Crippen molar-refractivity contribution in [1.82, 2.24) is 10.2 Å². The van der Waals surface area contributed by atoms with Gasteiger partial charge in [0.25, 0.3) is 0 Å². The summed E-state index contributed by atoms with van der Waals surface area (Å²) in [5.41, 5.74) is 2.64. The Hall–Kier alpha value is -0.380. The summed E-state index contributed by atoms with van der Waals surface area (Å²) in [5, 5.41) is 3.56. The van der Waals surface area contributed by atoms with Crippen LogP contribution >= 0.6 is 15.9 Å². The average Bonchev–Trinajstić information content (AvgIpc) is 2.30. The van der Waals surface area contributed by atoms with E-state index in [2.05, 4.69) is 72.2 Å². The van der Waals surface area contributed by atoms with E-state index in [0.717, 1.165) is 19.6 Å². The quantitative estimate of drug-likeness (QED) is 0.868. The standard InChI is InChI=1S/C14H23BrN2/c1-5-17(4)10-12(3)16-9-13-8-11(2)6-7-14(13)15/h6-8,12,16H,5,9-10H2,1-4H3. The summed E-state index contributed by atoms with van der Waals surface area (Å²) in [5.74, 6) is 0. The van der Waals surface area contributed by atoms with E-state index in [1.807, 2.05) is 0 Å². The molecule has 0 heterocycles. The molecular weight excluding hydrogens is 276 g/mol. The first-order valence-corrected chi connectivity index (χ1v) is 6.99. The van der Waals surface area contributed by atoms with Gasteiger partial charge >= 0.3 is 0 Å². The van der Waals surface area contributed by atoms with Crippen molar-refractivity contribution in [3.05, 3.63) is 33.8 Å². The van der Waals surface area contributed by atoms with Gasteiger partial charge in [0.05, 0.1) is 0 Å². The second kappa shape index (κ2) is 7.14. The fraction of sp³-hybridized carbons (Fsp3) is 0.571. The van der Waals surface area contributed by atoms with Gasteiger partial charge in [0, 0.05) is 23.6 Å². The Labute approximate surface area is 114 Å². The molecule has 3 heteroatoms. The lowest BCUT2D eigenvalue weighted by molar-refractivity contribution is 0.309.